The summed E-state index contributed by atoms with van der Waals surface area (Å²) in [6, 6.07) is 21.8. The number of nitrogens with one attached hydrogen (secondary N) is 1. The molecule has 2 N–H and O–H groups in total. The molecule has 0 fully saturated rings. The van der Waals surface area contributed by atoms with Crippen molar-refractivity contribution in [3.8, 4) is 28.1 Å². The van der Waals surface area contributed by atoms with Crippen LogP contribution in [-0.4, -0.2) is 22.7 Å². The number of pyridine rings is 1. The molecule has 0 amide bonds. The van der Waals surface area contributed by atoms with Gasteiger partial charge in [0.1, 0.15) is 11.3 Å². The van der Waals surface area contributed by atoms with Crippen molar-refractivity contribution >= 4 is 16.9 Å². The maximum absolute atomic E-state index is 13.1. The fraction of sp³-hybridized carbons (Fsp3) is 0.0833. The van der Waals surface area contributed by atoms with Crippen LogP contribution in [0, 0.1) is 0 Å². The first-order chi connectivity index (χ1) is 14.1. The molecule has 0 radical (unpaired) electrons. The molecule has 4 rings (SSSR count). The van der Waals surface area contributed by atoms with E-state index in [1.165, 1.54) is 18.2 Å². The molecule has 1 aromatic heterocycles. The highest BCUT2D eigenvalue weighted by Gasteiger charge is 2.21. The van der Waals surface area contributed by atoms with E-state index in [2.05, 4.69) is 4.98 Å². The van der Waals surface area contributed by atoms with Gasteiger partial charge in [-0.1, -0.05) is 48.5 Å². The maximum atomic E-state index is 13.1. The van der Waals surface area contributed by atoms with Crippen molar-refractivity contribution in [3.63, 3.8) is 0 Å². The Morgan fingerprint density at radius 2 is 1.66 bits per heavy atom. The molecule has 3 aromatic carbocycles. The summed E-state index contributed by atoms with van der Waals surface area (Å²) in [4.78, 5) is 28.9. The summed E-state index contributed by atoms with van der Waals surface area (Å²) in [5.41, 5.74) is 2.99. The van der Waals surface area contributed by atoms with Gasteiger partial charge in [-0.05, 0) is 41.8 Å². The lowest BCUT2D eigenvalue weighted by Gasteiger charge is -2.12. The molecule has 0 atom stereocenters. The zero-order chi connectivity index (χ0) is 20.4. The van der Waals surface area contributed by atoms with Crippen LogP contribution in [0.4, 0.5) is 0 Å². The predicted molar refractivity (Wildman–Crippen MR) is 113 cm³/mol. The predicted octanol–water partition coefficient (Wildman–Crippen LogP) is 4.74. The summed E-state index contributed by atoms with van der Waals surface area (Å²) in [6.07, 6.45) is 0. The van der Waals surface area contributed by atoms with Gasteiger partial charge in [-0.15, -0.1) is 0 Å². The fourth-order valence-corrected chi connectivity index (χ4v) is 3.38. The van der Waals surface area contributed by atoms with Crippen LogP contribution >= 0.6 is 0 Å². The fourth-order valence-electron chi connectivity index (χ4n) is 3.38. The van der Waals surface area contributed by atoms with Crippen molar-refractivity contribution in [3.05, 3.63) is 88.6 Å². The monoisotopic (exact) mass is 385 g/mol. The molecule has 0 aliphatic carbocycles. The highest BCUT2D eigenvalue weighted by atomic mass is 16.5. The van der Waals surface area contributed by atoms with Crippen LogP contribution in [0.5, 0.6) is 5.75 Å². The van der Waals surface area contributed by atoms with E-state index in [1.807, 2.05) is 54.6 Å². The third-order valence-corrected chi connectivity index (χ3v) is 4.72. The molecule has 0 aliphatic rings. The number of rotatable bonds is 4. The van der Waals surface area contributed by atoms with E-state index in [-0.39, 0.29) is 17.9 Å². The Morgan fingerprint density at radius 1 is 0.931 bits per heavy atom. The van der Waals surface area contributed by atoms with Gasteiger partial charge in [0.25, 0.3) is 0 Å². The minimum Gasteiger partial charge on any atom is -0.508 e. The number of aromatic hydroxyl groups is 1. The van der Waals surface area contributed by atoms with E-state index in [9.17, 15) is 14.7 Å². The molecule has 1 heterocycles. The summed E-state index contributed by atoms with van der Waals surface area (Å²) in [7, 11) is 0. The molecule has 0 bridgehead atoms. The molecule has 5 heteroatoms. The summed E-state index contributed by atoms with van der Waals surface area (Å²) < 4.78 is 5.15. The van der Waals surface area contributed by atoms with Gasteiger partial charge in [-0.25, -0.2) is 4.79 Å². The molecule has 0 aliphatic heterocycles. The van der Waals surface area contributed by atoms with Crippen LogP contribution < -0.4 is 5.43 Å². The van der Waals surface area contributed by atoms with E-state index < -0.39 is 11.4 Å². The van der Waals surface area contributed by atoms with Gasteiger partial charge in [-0.2, -0.15) is 0 Å². The van der Waals surface area contributed by atoms with Crippen LogP contribution in [-0.2, 0) is 4.74 Å². The normalized spacial score (nSPS) is 10.8. The number of aromatic nitrogens is 1. The first kappa shape index (κ1) is 18.5. The van der Waals surface area contributed by atoms with Crippen LogP contribution in [0.3, 0.4) is 0 Å². The first-order valence-corrected chi connectivity index (χ1v) is 9.30. The number of H-pyrrole nitrogens is 1. The average molecular weight is 385 g/mol. The number of hydrogen-bond donors (Lipinski definition) is 2. The molecule has 0 saturated carbocycles. The van der Waals surface area contributed by atoms with Gasteiger partial charge in [0.2, 0.25) is 5.43 Å². The number of hydrogen-bond acceptors (Lipinski definition) is 4. The van der Waals surface area contributed by atoms with Gasteiger partial charge >= 0.3 is 5.97 Å². The zero-order valence-electron chi connectivity index (χ0n) is 15.8. The molecule has 0 unspecified atom stereocenters. The summed E-state index contributed by atoms with van der Waals surface area (Å²) in [6.45, 7) is 1.86. The third kappa shape index (κ3) is 3.50. The molecule has 0 saturated heterocycles. The van der Waals surface area contributed by atoms with Crippen molar-refractivity contribution in [2.24, 2.45) is 0 Å². The van der Waals surface area contributed by atoms with Crippen molar-refractivity contribution in [1.29, 1.82) is 0 Å². The number of carbonyl (C=O) groups excluding carboxylic acids is 1. The third-order valence-electron chi connectivity index (χ3n) is 4.72. The first-order valence-electron chi connectivity index (χ1n) is 9.30. The molecular formula is C24H19NO4. The van der Waals surface area contributed by atoms with E-state index in [0.29, 0.717) is 22.2 Å². The zero-order valence-corrected chi connectivity index (χ0v) is 15.8. The Hall–Kier alpha value is -3.86. The van der Waals surface area contributed by atoms with Crippen LogP contribution in [0.15, 0.2) is 77.6 Å². The molecule has 144 valence electrons. The molecule has 5 nitrogen and oxygen atoms in total. The quantitative estimate of drug-likeness (QED) is 0.497. The Kier molecular flexibility index (Phi) is 4.87. The Balaban J connectivity index is 1.98. The maximum Gasteiger partial charge on any atom is 0.344 e. The van der Waals surface area contributed by atoms with Crippen molar-refractivity contribution in [2.75, 3.05) is 6.61 Å². The second-order valence-corrected chi connectivity index (χ2v) is 6.60. The van der Waals surface area contributed by atoms with Crippen LogP contribution in [0.1, 0.15) is 17.3 Å². The second kappa shape index (κ2) is 7.64. The highest BCUT2D eigenvalue weighted by molar-refractivity contribution is 6.00. The van der Waals surface area contributed by atoms with E-state index in [1.54, 1.807) is 6.92 Å². The van der Waals surface area contributed by atoms with Crippen molar-refractivity contribution < 1.29 is 14.6 Å². The second-order valence-electron chi connectivity index (χ2n) is 6.60. The number of ether oxygens (including phenoxy) is 1. The van der Waals surface area contributed by atoms with E-state index >= 15 is 0 Å². The van der Waals surface area contributed by atoms with Crippen LogP contribution in [0.2, 0.25) is 0 Å². The number of benzene rings is 3. The number of fused-ring (bicyclic) bond motifs is 1. The lowest BCUT2D eigenvalue weighted by atomic mass is 9.98. The Morgan fingerprint density at radius 3 is 2.41 bits per heavy atom. The topological polar surface area (TPSA) is 79.4 Å². The smallest absolute Gasteiger partial charge is 0.344 e. The van der Waals surface area contributed by atoms with Crippen molar-refractivity contribution in [1.82, 2.24) is 4.98 Å². The van der Waals surface area contributed by atoms with Gasteiger partial charge < -0.3 is 14.8 Å². The van der Waals surface area contributed by atoms with Gasteiger partial charge in [-0.3, -0.25) is 4.79 Å². The SMILES string of the molecule is CCOC(=O)c1c(-c2cccc(-c3ccccc3)c2)[nH]c2cc(O)ccc2c1=O. The molecule has 0 spiro atoms. The average Bonchev–Trinajstić information content (AvgIpc) is 2.74. The molecule has 4 aromatic rings. The molecule has 29 heavy (non-hydrogen) atoms. The number of carbonyl (C=O) groups is 1. The standard InChI is InChI=1S/C24H19NO4/c1-2-29-24(28)21-22(25-20-14-18(26)11-12-19(20)23(21)27)17-10-6-9-16(13-17)15-7-4-3-5-8-15/h3-14,26H,2H2,1H3,(H,25,27). The van der Waals surface area contributed by atoms with Gasteiger partial charge in [0.15, 0.2) is 0 Å². The summed E-state index contributed by atoms with van der Waals surface area (Å²) in [5.74, 6) is -0.648. The van der Waals surface area contributed by atoms with Gasteiger partial charge in [0.05, 0.1) is 17.8 Å². The lowest BCUT2D eigenvalue weighted by molar-refractivity contribution is 0.0525. The summed E-state index contributed by atoms with van der Waals surface area (Å²) >= 11 is 0. The van der Waals surface area contributed by atoms with Crippen LogP contribution in [0.25, 0.3) is 33.3 Å². The minimum atomic E-state index is -0.677. The van der Waals surface area contributed by atoms with E-state index in [0.717, 1.165) is 11.1 Å². The highest BCUT2D eigenvalue weighted by Crippen LogP contribution is 2.29. The Labute approximate surface area is 167 Å². The molecular weight excluding hydrogens is 366 g/mol. The largest absolute Gasteiger partial charge is 0.508 e. The van der Waals surface area contributed by atoms with Gasteiger partial charge in [0, 0.05) is 11.5 Å². The number of aromatic amines is 1. The summed E-state index contributed by atoms with van der Waals surface area (Å²) in [5, 5.41) is 10.1. The lowest BCUT2D eigenvalue weighted by Crippen LogP contribution is -2.20. The van der Waals surface area contributed by atoms with Crippen molar-refractivity contribution in [2.45, 2.75) is 6.92 Å². The number of esters is 1. The minimum absolute atomic E-state index is 0.0287. The Bertz CT molecular complexity index is 1260. The number of phenolic OH excluding ortho intramolecular Hbond substituents is 1. The number of phenols is 1. The van der Waals surface area contributed by atoms with E-state index in [4.69, 9.17) is 4.74 Å².